The molecule has 0 amide bonds. The van der Waals surface area contributed by atoms with E-state index >= 15 is 0 Å². The first kappa shape index (κ1) is 12.0. The van der Waals surface area contributed by atoms with Crippen LogP contribution < -0.4 is 11.1 Å². The zero-order valence-corrected chi connectivity index (χ0v) is 10.2. The summed E-state index contributed by atoms with van der Waals surface area (Å²) in [6.45, 7) is 4.04. The van der Waals surface area contributed by atoms with Crippen LogP contribution in [0.1, 0.15) is 12.5 Å². The first-order chi connectivity index (χ1) is 6.99. The van der Waals surface area contributed by atoms with Crippen LogP contribution in [0.4, 0.5) is 11.4 Å². The minimum Gasteiger partial charge on any atom is -0.399 e. The second-order valence-corrected chi connectivity index (χ2v) is 5.34. The van der Waals surface area contributed by atoms with Crippen LogP contribution in [0.5, 0.6) is 0 Å². The van der Waals surface area contributed by atoms with Gasteiger partial charge in [-0.2, -0.15) is 0 Å². The van der Waals surface area contributed by atoms with Gasteiger partial charge >= 0.3 is 0 Å². The van der Waals surface area contributed by atoms with E-state index in [1.165, 1.54) is 0 Å². The van der Waals surface area contributed by atoms with Crippen molar-refractivity contribution in [2.75, 3.05) is 23.1 Å². The van der Waals surface area contributed by atoms with Gasteiger partial charge in [-0.1, -0.05) is 6.07 Å². The molecule has 3 N–H and O–H groups in total. The molecule has 84 valence electrons. The lowest BCUT2D eigenvalue weighted by Crippen LogP contribution is -2.22. The van der Waals surface area contributed by atoms with E-state index in [2.05, 4.69) is 5.32 Å². The van der Waals surface area contributed by atoms with Gasteiger partial charge in [-0.25, -0.2) is 0 Å². The second-order valence-electron chi connectivity index (χ2n) is 3.86. The molecule has 3 nitrogen and oxygen atoms in total. The number of hydrogen-bond acceptors (Lipinski definition) is 3. The molecule has 0 heterocycles. The molecule has 0 radical (unpaired) electrons. The molecular formula is C11H18N2OS. The van der Waals surface area contributed by atoms with Gasteiger partial charge in [0.15, 0.2) is 0 Å². The fourth-order valence-electron chi connectivity index (χ4n) is 1.45. The number of rotatable bonds is 4. The van der Waals surface area contributed by atoms with Crippen molar-refractivity contribution < 1.29 is 4.21 Å². The van der Waals surface area contributed by atoms with Gasteiger partial charge in [0.1, 0.15) is 0 Å². The Morgan fingerprint density at radius 1 is 1.53 bits per heavy atom. The summed E-state index contributed by atoms with van der Waals surface area (Å²) in [4.78, 5) is 0. The van der Waals surface area contributed by atoms with Crippen LogP contribution in [0.15, 0.2) is 18.2 Å². The van der Waals surface area contributed by atoms with Crippen molar-refractivity contribution in [3.63, 3.8) is 0 Å². The monoisotopic (exact) mass is 226 g/mol. The van der Waals surface area contributed by atoms with E-state index in [9.17, 15) is 4.21 Å². The SMILES string of the molecule is Cc1ccc(N)cc1NC(C)CS(C)=O. The summed E-state index contributed by atoms with van der Waals surface area (Å²) in [5.74, 6) is 0.647. The van der Waals surface area contributed by atoms with E-state index in [1.54, 1.807) is 6.26 Å². The summed E-state index contributed by atoms with van der Waals surface area (Å²) < 4.78 is 11.0. The van der Waals surface area contributed by atoms with Gasteiger partial charge in [-0.15, -0.1) is 0 Å². The minimum atomic E-state index is -0.775. The van der Waals surface area contributed by atoms with Crippen molar-refractivity contribution in [3.05, 3.63) is 23.8 Å². The number of benzene rings is 1. The number of hydrogen-bond donors (Lipinski definition) is 2. The Bertz CT molecular complexity index is 366. The zero-order valence-electron chi connectivity index (χ0n) is 9.41. The molecule has 4 heteroatoms. The van der Waals surface area contributed by atoms with E-state index < -0.39 is 10.8 Å². The molecule has 0 fully saturated rings. The molecule has 2 atom stereocenters. The smallest absolute Gasteiger partial charge is 0.0431 e. The Kier molecular flexibility index (Phi) is 4.15. The summed E-state index contributed by atoms with van der Waals surface area (Å²) in [5, 5.41) is 3.31. The highest BCUT2D eigenvalue weighted by Gasteiger charge is 2.06. The molecular weight excluding hydrogens is 208 g/mol. The summed E-state index contributed by atoms with van der Waals surface area (Å²) >= 11 is 0. The van der Waals surface area contributed by atoms with Crippen LogP contribution in [0.25, 0.3) is 0 Å². The molecule has 2 unspecified atom stereocenters. The van der Waals surface area contributed by atoms with Crippen LogP contribution >= 0.6 is 0 Å². The van der Waals surface area contributed by atoms with Gasteiger partial charge in [0.25, 0.3) is 0 Å². The third-order valence-electron chi connectivity index (χ3n) is 2.15. The van der Waals surface area contributed by atoms with E-state index in [-0.39, 0.29) is 6.04 Å². The molecule has 1 rings (SSSR count). The molecule has 0 aliphatic heterocycles. The Hall–Kier alpha value is -1.03. The highest BCUT2D eigenvalue weighted by Crippen LogP contribution is 2.18. The average molecular weight is 226 g/mol. The van der Waals surface area contributed by atoms with E-state index in [1.807, 2.05) is 32.0 Å². The van der Waals surface area contributed by atoms with Crippen LogP contribution in [-0.4, -0.2) is 22.3 Å². The second kappa shape index (κ2) is 5.16. The van der Waals surface area contributed by atoms with Crippen molar-refractivity contribution >= 4 is 22.2 Å². The number of aryl methyl sites for hydroxylation is 1. The van der Waals surface area contributed by atoms with Crippen molar-refractivity contribution in [2.45, 2.75) is 19.9 Å². The lowest BCUT2D eigenvalue weighted by atomic mass is 10.1. The Balaban J connectivity index is 2.71. The largest absolute Gasteiger partial charge is 0.399 e. The van der Waals surface area contributed by atoms with Crippen molar-refractivity contribution in [3.8, 4) is 0 Å². The molecule has 1 aromatic carbocycles. The van der Waals surface area contributed by atoms with Crippen LogP contribution in [0.3, 0.4) is 0 Å². The van der Waals surface area contributed by atoms with E-state index in [4.69, 9.17) is 5.73 Å². The number of nitrogens with two attached hydrogens (primary N) is 1. The topological polar surface area (TPSA) is 55.1 Å². The molecule has 1 aromatic rings. The van der Waals surface area contributed by atoms with E-state index in [0.717, 1.165) is 16.9 Å². The Labute approximate surface area is 93.5 Å². The molecule has 0 saturated carbocycles. The van der Waals surface area contributed by atoms with Crippen molar-refractivity contribution in [2.24, 2.45) is 0 Å². The quantitative estimate of drug-likeness (QED) is 0.769. The summed E-state index contributed by atoms with van der Waals surface area (Å²) in [6, 6.07) is 5.96. The van der Waals surface area contributed by atoms with Crippen molar-refractivity contribution in [1.29, 1.82) is 0 Å². The predicted molar refractivity (Wildman–Crippen MR) is 67.6 cm³/mol. The molecule has 0 bridgehead atoms. The minimum absolute atomic E-state index is 0.191. The highest BCUT2D eigenvalue weighted by molar-refractivity contribution is 7.84. The van der Waals surface area contributed by atoms with Crippen LogP contribution in [0.2, 0.25) is 0 Å². The maximum atomic E-state index is 11.0. The van der Waals surface area contributed by atoms with Gasteiger partial charge in [0.05, 0.1) is 0 Å². The van der Waals surface area contributed by atoms with Crippen LogP contribution in [0, 0.1) is 6.92 Å². The molecule has 0 aliphatic rings. The lowest BCUT2D eigenvalue weighted by Gasteiger charge is -2.16. The maximum absolute atomic E-state index is 11.0. The van der Waals surface area contributed by atoms with Gasteiger partial charge in [-0.05, 0) is 31.5 Å². The molecule has 0 saturated heterocycles. The summed E-state index contributed by atoms with van der Waals surface area (Å²) in [7, 11) is -0.775. The lowest BCUT2D eigenvalue weighted by molar-refractivity contribution is 0.683. The van der Waals surface area contributed by atoms with E-state index in [0.29, 0.717) is 5.75 Å². The predicted octanol–water partition coefficient (Wildman–Crippen LogP) is 1.76. The van der Waals surface area contributed by atoms with Gasteiger partial charge in [0, 0.05) is 40.2 Å². The molecule has 0 aromatic heterocycles. The third-order valence-corrected chi connectivity index (χ3v) is 3.12. The number of nitrogen functional groups attached to an aromatic ring is 1. The average Bonchev–Trinajstić information content (AvgIpc) is 2.10. The molecule has 15 heavy (non-hydrogen) atoms. The zero-order chi connectivity index (χ0) is 11.4. The molecule has 0 aliphatic carbocycles. The standard InChI is InChI=1S/C11H18N2OS/c1-8-4-5-10(12)6-11(8)13-9(2)7-15(3)14/h4-6,9,13H,7,12H2,1-3H3. The number of nitrogens with one attached hydrogen (secondary N) is 1. The van der Waals surface area contributed by atoms with Gasteiger partial charge in [-0.3, -0.25) is 4.21 Å². The fourth-order valence-corrected chi connectivity index (χ4v) is 2.24. The van der Waals surface area contributed by atoms with Crippen LogP contribution in [-0.2, 0) is 10.8 Å². The molecule has 0 spiro atoms. The summed E-state index contributed by atoms with van der Waals surface area (Å²) in [6.07, 6.45) is 1.71. The Morgan fingerprint density at radius 3 is 2.80 bits per heavy atom. The normalized spacial score (nSPS) is 14.6. The fraction of sp³-hybridized carbons (Fsp3) is 0.455. The first-order valence-electron chi connectivity index (χ1n) is 4.91. The third kappa shape index (κ3) is 3.91. The number of anilines is 2. The van der Waals surface area contributed by atoms with Gasteiger partial charge < -0.3 is 11.1 Å². The Morgan fingerprint density at radius 2 is 2.20 bits per heavy atom. The maximum Gasteiger partial charge on any atom is 0.0431 e. The first-order valence-corrected chi connectivity index (χ1v) is 6.64. The summed E-state index contributed by atoms with van der Waals surface area (Å²) in [5.41, 5.74) is 8.62. The van der Waals surface area contributed by atoms with Gasteiger partial charge in [0.2, 0.25) is 0 Å². The van der Waals surface area contributed by atoms with Crippen molar-refractivity contribution in [1.82, 2.24) is 0 Å². The highest BCUT2D eigenvalue weighted by atomic mass is 32.2.